The van der Waals surface area contributed by atoms with Gasteiger partial charge in [0.2, 0.25) is 0 Å². The van der Waals surface area contributed by atoms with Crippen LogP contribution in [0, 0.1) is 13.8 Å². The Morgan fingerprint density at radius 2 is 0.607 bits per heavy atom. The highest BCUT2D eigenvalue weighted by molar-refractivity contribution is 5.89. The highest BCUT2D eigenvalue weighted by Crippen LogP contribution is 2.40. The molecule has 266 valence electrons. The van der Waals surface area contributed by atoms with Crippen molar-refractivity contribution in [2.75, 3.05) is 0 Å². The molecular weight excluding hydrogens is 685 g/mol. The Morgan fingerprint density at radius 1 is 0.268 bits per heavy atom. The van der Waals surface area contributed by atoms with Crippen molar-refractivity contribution in [3.63, 3.8) is 0 Å². The van der Waals surface area contributed by atoms with E-state index in [2.05, 4.69) is 73.7 Å². The Labute approximate surface area is 326 Å². The summed E-state index contributed by atoms with van der Waals surface area (Å²) in [5.41, 5.74) is 13.4. The van der Waals surface area contributed by atoms with Crippen LogP contribution < -0.4 is 0 Å². The summed E-state index contributed by atoms with van der Waals surface area (Å²) >= 11 is 0. The van der Waals surface area contributed by atoms with E-state index in [4.69, 9.17) is 29.9 Å². The molecule has 6 nitrogen and oxygen atoms in total. The predicted octanol–water partition coefficient (Wildman–Crippen LogP) is 12.0. The zero-order valence-corrected chi connectivity index (χ0v) is 31.0. The van der Waals surface area contributed by atoms with Crippen molar-refractivity contribution >= 4 is 0 Å². The van der Waals surface area contributed by atoms with Gasteiger partial charge in [0.15, 0.2) is 17.5 Å². The van der Waals surface area contributed by atoms with Crippen LogP contribution in [-0.2, 0) is 0 Å². The summed E-state index contributed by atoms with van der Waals surface area (Å²) in [4.78, 5) is 31.1. The van der Waals surface area contributed by atoms with Crippen LogP contribution in [0.4, 0.5) is 0 Å². The molecule has 6 heteroatoms. The summed E-state index contributed by atoms with van der Waals surface area (Å²) in [6.07, 6.45) is 0. The van der Waals surface area contributed by atoms with Crippen molar-refractivity contribution in [3.8, 4) is 90.3 Å². The fourth-order valence-electron chi connectivity index (χ4n) is 7.01. The zero-order chi connectivity index (χ0) is 37.8. The molecule has 9 aromatic rings. The fourth-order valence-corrected chi connectivity index (χ4v) is 7.01. The SMILES string of the molecule is Cc1ccc(-c2cc(-c3nc(-c4ccccc4)nc(-c4ccccc4)n3)cc(-c3nc(-c4ccccc4)c(-c4ccccc4)nc3-c3ccccc3)c2)c(C)n1. The number of hydrogen-bond donors (Lipinski definition) is 0. The molecule has 0 aliphatic rings. The van der Waals surface area contributed by atoms with Gasteiger partial charge in [-0.05, 0) is 43.7 Å². The van der Waals surface area contributed by atoms with Gasteiger partial charge in [-0.2, -0.15) is 0 Å². The predicted molar refractivity (Wildman–Crippen MR) is 226 cm³/mol. The van der Waals surface area contributed by atoms with E-state index in [1.54, 1.807) is 0 Å². The molecule has 0 atom stereocenters. The molecule has 0 radical (unpaired) electrons. The summed E-state index contributed by atoms with van der Waals surface area (Å²) < 4.78 is 0. The van der Waals surface area contributed by atoms with Gasteiger partial charge >= 0.3 is 0 Å². The van der Waals surface area contributed by atoms with Crippen molar-refractivity contribution in [2.24, 2.45) is 0 Å². The van der Waals surface area contributed by atoms with Crippen molar-refractivity contribution in [1.29, 1.82) is 0 Å². The van der Waals surface area contributed by atoms with Gasteiger partial charge in [0.05, 0.1) is 22.8 Å². The molecule has 56 heavy (non-hydrogen) atoms. The third-order valence-electron chi connectivity index (χ3n) is 9.74. The molecule has 0 bridgehead atoms. The van der Waals surface area contributed by atoms with Crippen LogP contribution >= 0.6 is 0 Å². The number of nitrogens with zero attached hydrogens (tertiary/aromatic N) is 6. The molecule has 6 aromatic carbocycles. The molecule has 0 saturated heterocycles. The van der Waals surface area contributed by atoms with Crippen LogP contribution in [0.2, 0.25) is 0 Å². The quantitative estimate of drug-likeness (QED) is 0.155. The molecule has 9 rings (SSSR count). The zero-order valence-electron chi connectivity index (χ0n) is 31.0. The van der Waals surface area contributed by atoms with E-state index < -0.39 is 0 Å². The van der Waals surface area contributed by atoms with E-state index in [1.807, 2.05) is 122 Å². The molecule has 0 aliphatic carbocycles. The minimum atomic E-state index is 0.553. The molecule has 0 aliphatic heterocycles. The van der Waals surface area contributed by atoms with Crippen LogP contribution in [0.5, 0.6) is 0 Å². The second kappa shape index (κ2) is 15.1. The van der Waals surface area contributed by atoms with E-state index in [0.29, 0.717) is 17.5 Å². The third kappa shape index (κ3) is 6.99. The van der Waals surface area contributed by atoms with Crippen LogP contribution in [0.3, 0.4) is 0 Å². The van der Waals surface area contributed by atoms with E-state index in [-0.39, 0.29) is 0 Å². The van der Waals surface area contributed by atoms with Gasteiger partial charge < -0.3 is 0 Å². The Morgan fingerprint density at radius 3 is 1.02 bits per heavy atom. The lowest BCUT2D eigenvalue weighted by Crippen LogP contribution is -2.03. The molecule has 0 saturated carbocycles. The molecule has 0 unspecified atom stereocenters. The molecule has 0 amide bonds. The molecule has 0 spiro atoms. The lowest BCUT2D eigenvalue weighted by Gasteiger charge is -2.18. The average Bonchev–Trinajstić information content (AvgIpc) is 3.27. The average molecular weight is 721 g/mol. The number of rotatable bonds is 8. The standard InChI is InChI=1S/C50H36N6/c1-33-28-29-43(34(2)51-33)40-30-41(32-42(31-40)50-55-48(38-24-14-6-15-25-38)54-49(56-50)39-26-16-7-17-27-39)47-46(37-22-12-5-13-23-37)52-44(35-18-8-3-9-19-35)45(53-47)36-20-10-4-11-21-36/h3-32H,1-2H3. The van der Waals surface area contributed by atoms with Gasteiger partial charge in [-0.15, -0.1) is 0 Å². The second-order valence-electron chi connectivity index (χ2n) is 13.6. The first-order valence-corrected chi connectivity index (χ1v) is 18.6. The van der Waals surface area contributed by atoms with E-state index >= 15 is 0 Å². The van der Waals surface area contributed by atoms with Gasteiger partial charge in [-0.1, -0.05) is 158 Å². The van der Waals surface area contributed by atoms with Crippen LogP contribution in [-0.4, -0.2) is 29.9 Å². The lowest BCUT2D eigenvalue weighted by molar-refractivity contribution is 1.07. The summed E-state index contributed by atoms with van der Waals surface area (Å²) in [6, 6.07) is 61.6. The molecule has 0 N–H and O–H groups in total. The minimum Gasteiger partial charge on any atom is -0.258 e. The van der Waals surface area contributed by atoms with E-state index in [9.17, 15) is 0 Å². The fraction of sp³-hybridized carbons (Fsp3) is 0.0400. The first-order chi connectivity index (χ1) is 27.6. The van der Waals surface area contributed by atoms with Crippen LogP contribution in [0.15, 0.2) is 182 Å². The first kappa shape index (κ1) is 34.3. The molecular formula is C50H36N6. The van der Waals surface area contributed by atoms with Gasteiger partial charge in [0.25, 0.3) is 0 Å². The van der Waals surface area contributed by atoms with E-state index in [1.165, 1.54) is 0 Å². The number of aromatic nitrogens is 6. The smallest absolute Gasteiger partial charge is 0.164 e. The van der Waals surface area contributed by atoms with Gasteiger partial charge in [0.1, 0.15) is 0 Å². The highest BCUT2D eigenvalue weighted by atomic mass is 15.0. The second-order valence-corrected chi connectivity index (χ2v) is 13.6. The van der Waals surface area contributed by atoms with Crippen molar-refractivity contribution < 1.29 is 0 Å². The molecule has 3 aromatic heterocycles. The Kier molecular flexibility index (Phi) is 9.27. The van der Waals surface area contributed by atoms with Gasteiger partial charge in [-0.25, -0.2) is 24.9 Å². The van der Waals surface area contributed by atoms with Crippen LogP contribution in [0.1, 0.15) is 11.4 Å². The third-order valence-corrected chi connectivity index (χ3v) is 9.74. The van der Waals surface area contributed by atoms with Gasteiger partial charge in [0, 0.05) is 55.9 Å². The summed E-state index contributed by atoms with van der Waals surface area (Å²) in [6.45, 7) is 4.07. The normalized spacial score (nSPS) is 11.0. The number of hydrogen-bond acceptors (Lipinski definition) is 6. The maximum absolute atomic E-state index is 5.57. The number of pyridine rings is 1. The minimum absolute atomic E-state index is 0.553. The topological polar surface area (TPSA) is 77.3 Å². The molecule has 0 fully saturated rings. The highest BCUT2D eigenvalue weighted by Gasteiger charge is 2.22. The van der Waals surface area contributed by atoms with Gasteiger partial charge in [-0.3, -0.25) is 4.98 Å². The summed E-state index contributed by atoms with van der Waals surface area (Å²) in [5, 5.41) is 0. The Hall–Kier alpha value is -7.44. The number of aryl methyl sites for hydroxylation is 2. The largest absolute Gasteiger partial charge is 0.258 e. The maximum Gasteiger partial charge on any atom is 0.164 e. The Bertz CT molecular complexity index is 2730. The number of benzene rings is 6. The first-order valence-electron chi connectivity index (χ1n) is 18.6. The lowest BCUT2D eigenvalue weighted by atomic mass is 9.94. The van der Waals surface area contributed by atoms with E-state index in [0.717, 1.165) is 84.2 Å². The van der Waals surface area contributed by atoms with Crippen molar-refractivity contribution in [2.45, 2.75) is 13.8 Å². The molecule has 3 heterocycles. The monoisotopic (exact) mass is 720 g/mol. The Balaban J connectivity index is 1.35. The maximum atomic E-state index is 5.57. The van der Waals surface area contributed by atoms with Crippen LogP contribution in [0.25, 0.3) is 90.3 Å². The van der Waals surface area contributed by atoms with Crippen molar-refractivity contribution in [1.82, 2.24) is 29.9 Å². The van der Waals surface area contributed by atoms with Crippen molar-refractivity contribution in [3.05, 3.63) is 193 Å². The summed E-state index contributed by atoms with van der Waals surface area (Å²) in [5.74, 6) is 1.74. The summed E-state index contributed by atoms with van der Waals surface area (Å²) in [7, 11) is 0.